The van der Waals surface area contributed by atoms with Gasteiger partial charge in [-0.05, 0) is 0 Å². The Labute approximate surface area is 91.3 Å². The first-order valence-electron chi connectivity index (χ1n) is 3.52. The van der Waals surface area contributed by atoms with Crippen LogP contribution < -0.4 is 0 Å². The van der Waals surface area contributed by atoms with Crippen LogP contribution in [-0.2, 0) is 0 Å². The molecular formula is C6H14I2N2. The molecule has 0 N–H and O–H groups in total. The quantitative estimate of drug-likeness (QED) is 0.543. The molecule has 0 bridgehead atoms. The Morgan fingerprint density at radius 3 is 1.40 bits per heavy atom. The van der Waals surface area contributed by atoms with Gasteiger partial charge in [-0.3, -0.25) is 0 Å². The molecule has 2 nitrogen and oxygen atoms in total. The number of hydrogen-bond acceptors (Lipinski definition) is 2. The summed E-state index contributed by atoms with van der Waals surface area (Å²) in [5.41, 5.74) is 0. The van der Waals surface area contributed by atoms with Crippen molar-refractivity contribution in [2.24, 2.45) is 0 Å². The molecule has 0 amide bonds. The number of hydrogen-bond donors (Lipinski definition) is 0. The molecule has 0 saturated carbocycles. The predicted molar refractivity (Wildman–Crippen MR) is 62.5 cm³/mol. The third kappa shape index (κ3) is 6.11. The summed E-state index contributed by atoms with van der Waals surface area (Å²) >= 11 is 4.72. The maximum absolute atomic E-state index is 2.36. The maximum atomic E-state index is 2.36. The Morgan fingerprint density at radius 2 is 1.20 bits per heavy atom. The summed E-state index contributed by atoms with van der Waals surface area (Å²) in [5.74, 6) is 0. The second-order valence-corrected chi connectivity index (χ2v) is 4.73. The van der Waals surface area contributed by atoms with Crippen molar-refractivity contribution in [3.8, 4) is 0 Å². The van der Waals surface area contributed by atoms with E-state index in [1.165, 1.54) is 0 Å². The van der Waals surface area contributed by atoms with Gasteiger partial charge in [-0.2, -0.15) is 0 Å². The van der Waals surface area contributed by atoms with Crippen LogP contribution in [0.1, 0.15) is 13.8 Å². The average Bonchev–Trinajstić information content (AvgIpc) is 1.99. The number of rotatable bonds is 5. The molecule has 0 aliphatic heterocycles. The molecule has 62 valence electrons. The van der Waals surface area contributed by atoms with Gasteiger partial charge in [-0.1, -0.05) is 13.8 Å². The average molecular weight is 368 g/mol. The topological polar surface area (TPSA) is 6.48 Å². The monoisotopic (exact) mass is 368 g/mol. The predicted octanol–water partition coefficient (Wildman–Crippen LogP) is 2.33. The van der Waals surface area contributed by atoms with Crippen molar-refractivity contribution in [2.75, 3.05) is 26.2 Å². The van der Waals surface area contributed by atoms with Crippen LogP contribution >= 0.6 is 45.7 Å². The van der Waals surface area contributed by atoms with Crippen molar-refractivity contribution < 1.29 is 0 Å². The van der Waals surface area contributed by atoms with Gasteiger partial charge >= 0.3 is 0 Å². The number of nitrogens with zero attached hydrogens (tertiary/aromatic N) is 2. The second kappa shape index (κ2) is 7.05. The standard InChI is InChI=1S/C6H14I2N2/c1-3-9(7)5-6-10(8)4-2/h3-6H2,1-2H3. The van der Waals surface area contributed by atoms with Gasteiger partial charge in [0, 0.05) is 71.9 Å². The largest absolute Gasteiger partial charge is 0.247 e. The van der Waals surface area contributed by atoms with Crippen LogP contribution in [0.4, 0.5) is 0 Å². The summed E-state index contributed by atoms with van der Waals surface area (Å²) in [7, 11) is 0. The van der Waals surface area contributed by atoms with E-state index in [1.807, 2.05) is 0 Å². The van der Waals surface area contributed by atoms with E-state index in [0.717, 1.165) is 26.2 Å². The Kier molecular flexibility index (Phi) is 8.03. The molecular weight excluding hydrogens is 354 g/mol. The number of halogens is 2. The van der Waals surface area contributed by atoms with Crippen LogP contribution in [0.3, 0.4) is 0 Å². The normalized spacial score (nSPS) is 11.4. The van der Waals surface area contributed by atoms with Gasteiger partial charge in [-0.25, -0.2) is 6.23 Å². The Balaban J connectivity index is 3.17. The molecule has 0 atom stereocenters. The van der Waals surface area contributed by atoms with Gasteiger partial charge in [0.1, 0.15) is 0 Å². The van der Waals surface area contributed by atoms with E-state index >= 15 is 0 Å². The Morgan fingerprint density at radius 1 is 0.900 bits per heavy atom. The molecule has 0 aromatic carbocycles. The zero-order valence-electron chi connectivity index (χ0n) is 6.48. The molecule has 0 aromatic rings. The third-order valence-corrected chi connectivity index (χ3v) is 3.60. The van der Waals surface area contributed by atoms with E-state index in [4.69, 9.17) is 0 Å². The van der Waals surface area contributed by atoms with Gasteiger partial charge in [0.05, 0.1) is 0 Å². The van der Waals surface area contributed by atoms with Crippen LogP contribution in [0.5, 0.6) is 0 Å². The van der Waals surface area contributed by atoms with E-state index in [2.05, 4.69) is 65.8 Å². The molecule has 0 spiro atoms. The van der Waals surface area contributed by atoms with Crippen molar-refractivity contribution >= 4 is 45.7 Å². The molecule has 4 heteroatoms. The molecule has 0 aromatic heterocycles. The first kappa shape index (κ1) is 11.4. The van der Waals surface area contributed by atoms with E-state index in [-0.39, 0.29) is 0 Å². The SMILES string of the molecule is CCN(I)CCN(I)CC. The van der Waals surface area contributed by atoms with Crippen molar-refractivity contribution in [2.45, 2.75) is 13.8 Å². The Bertz CT molecular complexity index is 70.1. The van der Waals surface area contributed by atoms with Crippen LogP contribution in [0.25, 0.3) is 0 Å². The molecule has 0 fully saturated rings. The lowest BCUT2D eigenvalue weighted by Gasteiger charge is -2.15. The summed E-state index contributed by atoms with van der Waals surface area (Å²) in [4.78, 5) is 0. The van der Waals surface area contributed by atoms with Crippen molar-refractivity contribution in [3.05, 3.63) is 0 Å². The Hall–Kier alpha value is 1.38. The maximum Gasteiger partial charge on any atom is 0.0217 e. The van der Waals surface area contributed by atoms with Gasteiger partial charge < -0.3 is 0 Å². The summed E-state index contributed by atoms with van der Waals surface area (Å²) in [5, 5.41) is 0. The molecule has 0 heterocycles. The van der Waals surface area contributed by atoms with Crippen molar-refractivity contribution in [1.82, 2.24) is 6.23 Å². The smallest absolute Gasteiger partial charge is 0.0217 e. The minimum Gasteiger partial charge on any atom is -0.247 e. The molecule has 0 aliphatic carbocycles. The minimum absolute atomic E-state index is 1.13. The van der Waals surface area contributed by atoms with Crippen molar-refractivity contribution in [3.63, 3.8) is 0 Å². The van der Waals surface area contributed by atoms with Crippen LogP contribution in [0.15, 0.2) is 0 Å². The zero-order chi connectivity index (χ0) is 7.98. The summed E-state index contributed by atoms with van der Waals surface area (Å²) < 4.78 is 4.58. The summed E-state index contributed by atoms with van der Waals surface area (Å²) in [6.07, 6.45) is 0. The second-order valence-electron chi connectivity index (χ2n) is 2.00. The highest BCUT2D eigenvalue weighted by molar-refractivity contribution is 14.1. The van der Waals surface area contributed by atoms with Gasteiger partial charge in [0.15, 0.2) is 0 Å². The van der Waals surface area contributed by atoms with E-state index in [1.54, 1.807) is 0 Å². The molecule has 0 radical (unpaired) electrons. The molecule has 10 heavy (non-hydrogen) atoms. The van der Waals surface area contributed by atoms with Crippen molar-refractivity contribution in [1.29, 1.82) is 0 Å². The lowest BCUT2D eigenvalue weighted by Crippen LogP contribution is -2.23. The zero-order valence-corrected chi connectivity index (χ0v) is 10.8. The van der Waals surface area contributed by atoms with E-state index in [9.17, 15) is 0 Å². The van der Waals surface area contributed by atoms with Gasteiger partial charge in [0.25, 0.3) is 0 Å². The fourth-order valence-electron chi connectivity index (χ4n) is 0.533. The van der Waals surface area contributed by atoms with Gasteiger partial charge in [0.2, 0.25) is 0 Å². The molecule has 0 aliphatic rings. The molecule has 0 rings (SSSR count). The lowest BCUT2D eigenvalue weighted by molar-refractivity contribution is 0.449. The summed E-state index contributed by atoms with van der Waals surface area (Å²) in [6.45, 7) is 8.94. The van der Waals surface area contributed by atoms with Crippen LogP contribution in [0, 0.1) is 0 Å². The van der Waals surface area contributed by atoms with E-state index in [0.29, 0.717) is 0 Å². The highest BCUT2D eigenvalue weighted by Gasteiger charge is 1.99. The van der Waals surface area contributed by atoms with E-state index < -0.39 is 0 Å². The minimum atomic E-state index is 1.13. The van der Waals surface area contributed by atoms with Crippen LogP contribution in [-0.4, -0.2) is 32.4 Å². The van der Waals surface area contributed by atoms with Gasteiger partial charge in [-0.15, -0.1) is 0 Å². The summed E-state index contributed by atoms with van der Waals surface area (Å²) in [6, 6.07) is 0. The fourth-order valence-corrected chi connectivity index (χ4v) is 0.965. The molecule has 0 saturated heterocycles. The third-order valence-electron chi connectivity index (χ3n) is 1.27. The lowest BCUT2D eigenvalue weighted by atomic mass is 10.5. The van der Waals surface area contributed by atoms with Crippen LogP contribution in [0.2, 0.25) is 0 Å². The first-order chi connectivity index (χ1) is 4.70. The highest BCUT2D eigenvalue weighted by atomic mass is 127. The highest BCUT2D eigenvalue weighted by Crippen LogP contribution is 2.01. The molecule has 0 unspecified atom stereocenters. The fraction of sp³-hybridized carbons (Fsp3) is 1.00. The number of likely N-dealkylation sites (N-methyl/N-ethyl adjacent to an activating group) is 2. The first-order valence-corrected chi connectivity index (χ1v) is 5.45.